The SMILES string of the molecule is O=C(Nc1ccccc1)N1CCC(Cc2c[nH]c3ccccc23)CC1. The van der Waals surface area contributed by atoms with Crippen molar-refractivity contribution in [1.29, 1.82) is 0 Å². The summed E-state index contributed by atoms with van der Waals surface area (Å²) < 4.78 is 0. The molecule has 1 saturated heterocycles. The number of fused-ring (bicyclic) bond motifs is 1. The van der Waals surface area contributed by atoms with Gasteiger partial charge < -0.3 is 15.2 Å². The smallest absolute Gasteiger partial charge is 0.321 e. The molecule has 1 fully saturated rings. The number of nitrogens with zero attached hydrogens (tertiary/aromatic N) is 1. The van der Waals surface area contributed by atoms with Crippen LogP contribution in [0.25, 0.3) is 10.9 Å². The maximum atomic E-state index is 12.4. The summed E-state index contributed by atoms with van der Waals surface area (Å²) in [5.74, 6) is 0.639. The van der Waals surface area contributed by atoms with Crippen LogP contribution in [-0.2, 0) is 6.42 Å². The maximum absolute atomic E-state index is 12.4. The number of rotatable bonds is 3. The quantitative estimate of drug-likeness (QED) is 0.720. The zero-order valence-electron chi connectivity index (χ0n) is 14.2. The molecular formula is C21H23N3O. The van der Waals surface area contributed by atoms with E-state index in [1.54, 1.807) is 0 Å². The number of carbonyl (C=O) groups is 1. The number of likely N-dealkylation sites (tertiary alicyclic amines) is 1. The van der Waals surface area contributed by atoms with Gasteiger partial charge in [0.25, 0.3) is 0 Å². The van der Waals surface area contributed by atoms with Crippen molar-refractivity contribution in [2.45, 2.75) is 19.3 Å². The van der Waals surface area contributed by atoms with Crippen LogP contribution in [0.15, 0.2) is 60.8 Å². The number of amides is 2. The van der Waals surface area contributed by atoms with Crippen molar-refractivity contribution < 1.29 is 4.79 Å². The van der Waals surface area contributed by atoms with E-state index in [0.29, 0.717) is 5.92 Å². The number of nitrogens with one attached hydrogen (secondary N) is 2. The topological polar surface area (TPSA) is 48.1 Å². The van der Waals surface area contributed by atoms with Crippen molar-refractivity contribution in [2.24, 2.45) is 5.92 Å². The fourth-order valence-corrected chi connectivity index (χ4v) is 3.68. The third kappa shape index (κ3) is 3.53. The first-order chi connectivity index (χ1) is 12.3. The van der Waals surface area contributed by atoms with Gasteiger partial charge in [-0.1, -0.05) is 36.4 Å². The zero-order valence-corrected chi connectivity index (χ0v) is 14.2. The lowest BCUT2D eigenvalue weighted by atomic mass is 9.90. The first kappa shape index (κ1) is 15.8. The van der Waals surface area contributed by atoms with E-state index in [4.69, 9.17) is 0 Å². The highest BCUT2D eigenvalue weighted by atomic mass is 16.2. The molecule has 0 bridgehead atoms. The molecule has 0 saturated carbocycles. The van der Waals surface area contributed by atoms with E-state index < -0.39 is 0 Å². The van der Waals surface area contributed by atoms with Gasteiger partial charge >= 0.3 is 6.03 Å². The Hall–Kier alpha value is -2.75. The Morgan fingerprint density at radius 2 is 1.76 bits per heavy atom. The number of carbonyl (C=O) groups excluding carboxylic acids is 1. The van der Waals surface area contributed by atoms with E-state index in [0.717, 1.165) is 38.0 Å². The Balaban J connectivity index is 1.33. The highest BCUT2D eigenvalue weighted by Gasteiger charge is 2.23. The van der Waals surface area contributed by atoms with E-state index in [-0.39, 0.29) is 6.03 Å². The average Bonchev–Trinajstić information content (AvgIpc) is 3.06. The van der Waals surface area contributed by atoms with Gasteiger partial charge in [-0.05, 0) is 48.9 Å². The first-order valence-electron chi connectivity index (χ1n) is 8.95. The van der Waals surface area contributed by atoms with E-state index >= 15 is 0 Å². The summed E-state index contributed by atoms with van der Waals surface area (Å²) in [5.41, 5.74) is 3.45. The van der Waals surface area contributed by atoms with Crippen LogP contribution in [0.1, 0.15) is 18.4 Å². The summed E-state index contributed by atoms with van der Waals surface area (Å²) in [7, 11) is 0. The van der Waals surface area contributed by atoms with Gasteiger partial charge in [0.15, 0.2) is 0 Å². The van der Waals surface area contributed by atoms with Crippen molar-refractivity contribution in [3.63, 3.8) is 0 Å². The van der Waals surface area contributed by atoms with Crippen LogP contribution in [0.2, 0.25) is 0 Å². The van der Waals surface area contributed by atoms with Crippen LogP contribution in [0.5, 0.6) is 0 Å². The number of urea groups is 1. The second-order valence-corrected chi connectivity index (χ2v) is 6.79. The summed E-state index contributed by atoms with van der Waals surface area (Å²) in [5, 5.41) is 4.30. The van der Waals surface area contributed by atoms with Crippen molar-refractivity contribution >= 4 is 22.6 Å². The number of H-pyrrole nitrogens is 1. The van der Waals surface area contributed by atoms with Crippen molar-refractivity contribution in [2.75, 3.05) is 18.4 Å². The van der Waals surface area contributed by atoms with Gasteiger partial charge in [0.05, 0.1) is 0 Å². The van der Waals surface area contributed by atoms with Crippen molar-refractivity contribution in [3.05, 3.63) is 66.4 Å². The molecule has 0 unspecified atom stereocenters. The predicted octanol–water partition coefficient (Wildman–Crippen LogP) is 4.65. The molecular weight excluding hydrogens is 310 g/mol. The van der Waals surface area contributed by atoms with Crippen molar-refractivity contribution in [1.82, 2.24) is 9.88 Å². The molecule has 1 aliphatic rings. The number of hydrogen-bond donors (Lipinski definition) is 2. The molecule has 1 aromatic heterocycles. The Bertz CT molecular complexity index is 848. The standard InChI is InChI=1S/C21H23N3O/c25-21(23-18-6-2-1-3-7-18)24-12-10-16(11-13-24)14-17-15-22-20-9-5-4-8-19(17)20/h1-9,15-16,22H,10-14H2,(H,23,25). The molecule has 2 N–H and O–H groups in total. The normalized spacial score (nSPS) is 15.4. The molecule has 4 heteroatoms. The van der Waals surface area contributed by atoms with Crippen molar-refractivity contribution in [3.8, 4) is 0 Å². The van der Waals surface area contributed by atoms with Gasteiger partial charge in [-0.2, -0.15) is 0 Å². The van der Waals surface area contributed by atoms with Gasteiger partial charge in [0, 0.05) is 35.9 Å². The summed E-state index contributed by atoms with van der Waals surface area (Å²) in [6.07, 6.45) is 5.33. The summed E-state index contributed by atoms with van der Waals surface area (Å²) in [6.45, 7) is 1.65. The molecule has 1 aliphatic heterocycles. The number of benzene rings is 2. The van der Waals surface area contributed by atoms with Crippen LogP contribution in [-0.4, -0.2) is 29.0 Å². The number of anilines is 1. The lowest BCUT2D eigenvalue weighted by Gasteiger charge is -2.32. The minimum absolute atomic E-state index is 0.0109. The molecule has 2 heterocycles. The zero-order chi connectivity index (χ0) is 17.1. The van der Waals surface area contributed by atoms with Gasteiger partial charge in [-0.3, -0.25) is 0 Å². The van der Waals surface area contributed by atoms with E-state index in [9.17, 15) is 4.79 Å². The molecule has 2 amide bonds. The Kier molecular flexibility index (Phi) is 4.42. The number of hydrogen-bond acceptors (Lipinski definition) is 1. The highest BCUT2D eigenvalue weighted by Crippen LogP contribution is 2.26. The third-order valence-electron chi connectivity index (χ3n) is 5.11. The lowest BCUT2D eigenvalue weighted by Crippen LogP contribution is -2.41. The van der Waals surface area contributed by atoms with Gasteiger partial charge in [-0.25, -0.2) is 4.79 Å². The van der Waals surface area contributed by atoms with E-state index in [1.807, 2.05) is 35.2 Å². The number of piperidine rings is 1. The molecule has 2 aromatic carbocycles. The van der Waals surface area contributed by atoms with Crippen LogP contribution in [0.3, 0.4) is 0 Å². The minimum atomic E-state index is 0.0109. The van der Waals surface area contributed by atoms with E-state index in [1.165, 1.54) is 16.5 Å². The molecule has 4 nitrogen and oxygen atoms in total. The predicted molar refractivity (Wildman–Crippen MR) is 102 cm³/mol. The third-order valence-corrected chi connectivity index (χ3v) is 5.11. The average molecular weight is 333 g/mol. The molecule has 0 aliphatic carbocycles. The lowest BCUT2D eigenvalue weighted by molar-refractivity contribution is 0.182. The van der Waals surface area contributed by atoms with Crippen LogP contribution in [0.4, 0.5) is 10.5 Å². The van der Waals surface area contributed by atoms with Gasteiger partial charge in [0.1, 0.15) is 0 Å². The number of para-hydroxylation sites is 2. The molecule has 0 radical (unpaired) electrons. The van der Waals surface area contributed by atoms with Crippen LogP contribution < -0.4 is 5.32 Å². The number of aromatic nitrogens is 1. The maximum Gasteiger partial charge on any atom is 0.321 e. The Morgan fingerprint density at radius 3 is 2.56 bits per heavy atom. The molecule has 4 rings (SSSR count). The fourth-order valence-electron chi connectivity index (χ4n) is 3.68. The molecule has 0 atom stereocenters. The van der Waals surface area contributed by atoms with Gasteiger partial charge in [-0.15, -0.1) is 0 Å². The summed E-state index contributed by atoms with van der Waals surface area (Å²) in [4.78, 5) is 17.7. The van der Waals surface area contributed by atoms with E-state index in [2.05, 4.69) is 40.8 Å². The number of aromatic amines is 1. The monoisotopic (exact) mass is 333 g/mol. The Morgan fingerprint density at radius 1 is 1.04 bits per heavy atom. The fraction of sp³-hybridized carbons (Fsp3) is 0.286. The molecule has 3 aromatic rings. The summed E-state index contributed by atoms with van der Waals surface area (Å²) in [6, 6.07) is 18.1. The highest BCUT2D eigenvalue weighted by molar-refractivity contribution is 5.89. The first-order valence-corrected chi connectivity index (χ1v) is 8.95. The second-order valence-electron chi connectivity index (χ2n) is 6.79. The second kappa shape index (κ2) is 7.01. The van der Waals surface area contributed by atoms with Gasteiger partial charge in [0.2, 0.25) is 0 Å². The minimum Gasteiger partial charge on any atom is -0.361 e. The molecule has 0 spiro atoms. The van der Waals surface area contributed by atoms with Crippen LogP contribution >= 0.6 is 0 Å². The molecule has 25 heavy (non-hydrogen) atoms. The summed E-state index contributed by atoms with van der Waals surface area (Å²) >= 11 is 0. The largest absolute Gasteiger partial charge is 0.361 e. The van der Waals surface area contributed by atoms with Crippen LogP contribution in [0, 0.1) is 5.92 Å². The Labute approximate surface area is 147 Å². The molecule has 128 valence electrons.